The molecule has 0 fully saturated rings. The molecule has 0 bridgehead atoms. The van der Waals surface area contributed by atoms with Gasteiger partial charge in [0, 0.05) is 11.4 Å². The third-order valence-corrected chi connectivity index (χ3v) is 7.80. The van der Waals surface area contributed by atoms with Crippen LogP contribution in [0.4, 0.5) is 22.7 Å². The molecule has 2 heteroatoms. The molecule has 200 valence electrons. The van der Waals surface area contributed by atoms with E-state index in [-0.39, 0.29) is 5.41 Å². The van der Waals surface area contributed by atoms with Gasteiger partial charge in [0.2, 0.25) is 0 Å². The molecule has 0 saturated heterocycles. The van der Waals surface area contributed by atoms with E-state index in [1.165, 1.54) is 46.3 Å². The summed E-state index contributed by atoms with van der Waals surface area (Å²) < 4.78 is 0. The van der Waals surface area contributed by atoms with Gasteiger partial charge in [0.05, 0.1) is 11.4 Å². The largest absolute Gasteiger partial charge is 0.354 e. The van der Waals surface area contributed by atoms with Gasteiger partial charge in [-0.15, -0.1) is 0 Å². The van der Waals surface area contributed by atoms with Crippen molar-refractivity contribution in [2.45, 2.75) is 79.6 Å². The number of rotatable bonds is 9. The first kappa shape index (κ1) is 29.0. The summed E-state index contributed by atoms with van der Waals surface area (Å²) in [5.74, 6) is 0. The zero-order chi connectivity index (χ0) is 27.5. The molecule has 0 aliphatic rings. The van der Waals surface area contributed by atoms with Gasteiger partial charge in [0.1, 0.15) is 0 Å². The van der Waals surface area contributed by atoms with Gasteiger partial charge in [0.15, 0.2) is 0 Å². The van der Waals surface area contributed by atoms with E-state index in [2.05, 4.69) is 150 Å². The second kappa shape index (κ2) is 13.9. The highest BCUT2D eigenvalue weighted by Gasteiger charge is 2.26. The van der Waals surface area contributed by atoms with Crippen LogP contribution in [0.1, 0.15) is 77.0 Å². The Hall–Kier alpha value is -3.52. The van der Waals surface area contributed by atoms with Crippen molar-refractivity contribution < 1.29 is 0 Å². The first-order chi connectivity index (χ1) is 18.4. The Bertz CT molecular complexity index is 1300. The second-order valence-electron chi connectivity index (χ2n) is 10.5. The molecule has 4 aromatic carbocycles. The number of hydrogen-bond acceptors (Lipinski definition) is 2. The Morgan fingerprint density at radius 1 is 0.553 bits per heavy atom. The molecule has 2 nitrogen and oxygen atoms in total. The number of benzene rings is 4. The molecular weight excluding hydrogens is 460 g/mol. The van der Waals surface area contributed by atoms with E-state index in [0.29, 0.717) is 0 Å². The lowest BCUT2D eigenvalue weighted by Crippen LogP contribution is -2.21. The van der Waals surface area contributed by atoms with Crippen molar-refractivity contribution in [2.75, 3.05) is 10.6 Å². The summed E-state index contributed by atoms with van der Waals surface area (Å²) in [6, 6.07) is 32.4. The molecule has 0 radical (unpaired) electrons. The second-order valence-corrected chi connectivity index (χ2v) is 10.5. The molecule has 2 N–H and O–H groups in total. The van der Waals surface area contributed by atoms with Crippen molar-refractivity contribution in [3.8, 4) is 11.1 Å². The minimum absolute atomic E-state index is 0.0828. The normalized spacial score (nSPS) is 10.9. The maximum Gasteiger partial charge on any atom is 0.0623 e. The molecule has 4 aromatic rings. The Labute approximate surface area is 231 Å². The highest BCUT2D eigenvalue weighted by molar-refractivity contribution is 5.81. The summed E-state index contributed by atoms with van der Waals surface area (Å²) in [7, 11) is 0. The highest BCUT2D eigenvalue weighted by Crippen LogP contribution is 2.41. The van der Waals surface area contributed by atoms with Crippen LogP contribution in [0.25, 0.3) is 11.1 Å². The summed E-state index contributed by atoms with van der Waals surface area (Å²) in [5.41, 5.74) is 11.0. The molecule has 0 aliphatic heterocycles. The average molecular weight is 507 g/mol. The topological polar surface area (TPSA) is 24.1 Å². The average Bonchev–Trinajstić information content (AvgIpc) is 2.95. The molecule has 0 saturated carbocycles. The van der Waals surface area contributed by atoms with Crippen LogP contribution in [-0.4, -0.2) is 0 Å². The Morgan fingerprint density at radius 2 is 1.05 bits per heavy atom. The van der Waals surface area contributed by atoms with Gasteiger partial charge in [-0.05, 0) is 90.3 Å². The van der Waals surface area contributed by atoms with Gasteiger partial charge in [-0.2, -0.15) is 0 Å². The maximum atomic E-state index is 3.79. The quantitative estimate of drug-likeness (QED) is 0.236. The predicted octanol–water partition coefficient (Wildman–Crippen LogP) is 11.3. The predicted molar refractivity (Wildman–Crippen MR) is 169 cm³/mol. The first-order valence-corrected chi connectivity index (χ1v) is 14.3. The van der Waals surface area contributed by atoms with Crippen molar-refractivity contribution >= 4 is 22.7 Å². The SMILES string of the molecule is CCC(C)(CC)c1cc(-c2ccccc2C)ccc1Nc1ccccc1Nc1ccccc1C.CCCC. The minimum atomic E-state index is 0.0828. The van der Waals surface area contributed by atoms with Crippen LogP contribution < -0.4 is 10.6 Å². The van der Waals surface area contributed by atoms with E-state index in [0.717, 1.165) is 29.9 Å². The lowest BCUT2D eigenvalue weighted by atomic mass is 9.76. The number of unbranched alkanes of at least 4 members (excludes halogenated alkanes) is 1. The number of nitrogens with one attached hydrogen (secondary N) is 2. The first-order valence-electron chi connectivity index (χ1n) is 14.3. The molecular formula is C36H46N2. The summed E-state index contributed by atoms with van der Waals surface area (Å²) in [5, 5.41) is 7.42. The maximum absolute atomic E-state index is 3.79. The summed E-state index contributed by atoms with van der Waals surface area (Å²) >= 11 is 0. The minimum Gasteiger partial charge on any atom is -0.354 e. The zero-order valence-electron chi connectivity index (χ0n) is 24.5. The molecule has 0 aliphatic carbocycles. The fourth-order valence-electron chi connectivity index (χ4n) is 4.55. The van der Waals surface area contributed by atoms with Crippen molar-refractivity contribution in [2.24, 2.45) is 0 Å². The lowest BCUT2D eigenvalue weighted by Gasteiger charge is -2.31. The highest BCUT2D eigenvalue weighted by atomic mass is 15.0. The van der Waals surface area contributed by atoms with Crippen LogP contribution in [0.3, 0.4) is 0 Å². The van der Waals surface area contributed by atoms with E-state index in [9.17, 15) is 0 Å². The van der Waals surface area contributed by atoms with Crippen LogP contribution >= 0.6 is 0 Å². The van der Waals surface area contributed by atoms with Crippen LogP contribution in [-0.2, 0) is 5.41 Å². The van der Waals surface area contributed by atoms with Gasteiger partial charge < -0.3 is 10.6 Å². The fraction of sp³-hybridized carbons (Fsp3) is 0.333. The van der Waals surface area contributed by atoms with E-state index >= 15 is 0 Å². The molecule has 0 heterocycles. The van der Waals surface area contributed by atoms with Gasteiger partial charge in [-0.3, -0.25) is 0 Å². The van der Waals surface area contributed by atoms with Gasteiger partial charge in [-0.1, -0.05) is 108 Å². The smallest absolute Gasteiger partial charge is 0.0623 e. The van der Waals surface area contributed by atoms with E-state index in [1.54, 1.807) is 0 Å². The summed E-state index contributed by atoms with van der Waals surface area (Å²) in [6.07, 6.45) is 4.80. The molecule has 0 spiro atoms. The Balaban J connectivity index is 0.000000934. The number of para-hydroxylation sites is 3. The third kappa shape index (κ3) is 7.07. The van der Waals surface area contributed by atoms with Crippen molar-refractivity contribution in [1.82, 2.24) is 0 Å². The van der Waals surface area contributed by atoms with Crippen molar-refractivity contribution in [1.29, 1.82) is 0 Å². The monoisotopic (exact) mass is 506 g/mol. The Kier molecular flexibility index (Phi) is 10.6. The molecule has 0 aromatic heterocycles. The van der Waals surface area contributed by atoms with Crippen molar-refractivity contribution in [3.05, 3.63) is 108 Å². The summed E-state index contributed by atoms with van der Waals surface area (Å²) in [6.45, 7) is 15.7. The standard InChI is InChI=1S/C32H36N2.C4H10/c1-6-32(5,7-2)27-22-25(26-16-10-8-14-23(26)3)20-21-29(27)34-31-19-13-12-18-30(31)33-28-17-11-9-15-24(28)4;1-3-4-2/h8-22,33-34H,6-7H2,1-5H3;3-4H2,1-2H3. The zero-order valence-corrected chi connectivity index (χ0v) is 24.5. The van der Waals surface area contributed by atoms with E-state index in [1.807, 2.05) is 0 Å². The number of anilines is 4. The summed E-state index contributed by atoms with van der Waals surface area (Å²) in [4.78, 5) is 0. The van der Waals surface area contributed by atoms with Gasteiger partial charge >= 0.3 is 0 Å². The number of aryl methyl sites for hydroxylation is 2. The molecule has 0 unspecified atom stereocenters. The Morgan fingerprint density at radius 3 is 1.58 bits per heavy atom. The van der Waals surface area contributed by atoms with Crippen LogP contribution in [0.2, 0.25) is 0 Å². The molecule has 0 amide bonds. The number of hydrogen-bond donors (Lipinski definition) is 2. The third-order valence-electron chi connectivity index (χ3n) is 7.80. The van der Waals surface area contributed by atoms with Crippen LogP contribution in [0.15, 0.2) is 91.0 Å². The lowest BCUT2D eigenvalue weighted by molar-refractivity contribution is 0.440. The van der Waals surface area contributed by atoms with Crippen LogP contribution in [0.5, 0.6) is 0 Å². The fourth-order valence-corrected chi connectivity index (χ4v) is 4.55. The van der Waals surface area contributed by atoms with E-state index in [4.69, 9.17) is 0 Å². The van der Waals surface area contributed by atoms with Gasteiger partial charge in [-0.25, -0.2) is 0 Å². The van der Waals surface area contributed by atoms with Crippen molar-refractivity contribution in [3.63, 3.8) is 0 Å². The molecule has 0 atom stereocenters. The van der Waals surface area contributed by atoms with E-state index < -0.39 is 0 Å². The van der Waals surface area contributed by atoms with Gasteiger partial charge in [0.25, 0.3) is 0 Å². The van der Waals surface area contributed by atoms with Crippen LogP contribution in [0, 0.1) is 13.8 Å². The molecule has 38 heavy (non-hydrogen) atoms. The molecule has 4 rings (SSSR count).